The molecule has 2 aromatic rings. The van der Waals surface area contributed by atoms with Crippen molar-refractivity contribution in [1.29, 1.82) is 0 Å². The molecule has 2 saturated heterocycles. The predicted molar refractivity (Wildman–Crippen MR) is 177 cm³/mol. The molecule has 10 nitrogen and oxygen atoms in total. The number of benzene rings is 2. The SMILES string of the molecule is CC1(C)CN2CC(C)(C)OP(=O)(Cc3cccc(c3)CP3(=O)OC(C)(C)CN(CC(C)(C)O3)C(=O)Cc3cccc(c3)CC2=O)O1. The third-order valence-electron chi connectivity index (χ3n) is 7.98. The van der Waals surface area contributed by atoms with Gasteiger partial charge in [-0.25, -0.2) is 0 Å². The number of hydrogen-bond donors (Lipinski definition) is 0. The molecule has 2 amide bonds. The lowest BCUT2D eigenvalue weighted by molar-refractivity contribution is -0.138. The van der Waals surface area contributed by atoms with Crippen LogP contribution in [0.15, 0.2) is 48.5 Å². The molecule has 0 spiro atoms. The Morgan fingerprint density at radius 3 is 1.13 bits per heavy atom. The Hall–Kier alpha value is -2.32. The largest absolute Gasteiger partial charge is 0.337 e. The molecular formula is C34H48N2O8P2. The van der Waals surface area contributed by atoms with Gasteiger partial charge in [0.2, 0.25) is 11.8 Å². The molecule has 0 aromatic heterocycles. The van der Waals surface area contributed by atoms with E-state index in [0.29, 0.717) is 11.1 Å². The third kappa shape index (κ3) is 8.97. The van der Waals surface area contributed by atoms with Gasteiger partial charge < -0.3 is 27.9 Å². The van der Waals surface area contributed by atoms with Gasteiger partial charge in [-0.1, -0.05) is 48.5 Å². The molecule has 0 atom stereocenters. The van der Waals surface area contributed by atoms with Gasteiger partial charge in [-0.05, 0) is 77.6 Å². The minimum atomic E-state index is -3.73. The van der Waals surface area contributed by atoms with E-state index in [-0.39, 0.29) is 63.2 Å². The summed E-state index contributed by atoms with van der Waals surface area (Å²) in [5.41, 5.74) is -0.946. The van der Waals surface area contributed by atoms with E-state index in [4.69, 9.17) is 18.1 Å². The van der Waals surface area contributed by atoms with Gasteiger partial charge in [-0.2, -0.15) is 0 Å². The van der Waals surface area contributed by atoms with Crippen molar-refractivity contribution in [2.24, 2.45) is 0 Å². The summed E-state index contributed by atoms with van der Waals surface area (Å²) in [4.78, 5) is 30.9. The maximum Gasteiger partial charge on any atom is 0.336 e. The fraction of sp³-hybridized carbons (Fsp3) is 0.588. The quantitative estimate of drug-likeness (QED) is 0.283. The van der Waals surface area contributed by atoms with E-state index < -0.39 is 37.6 Å². The average molecular weight is 675 g/mol. The van der Waals surface area contributed by atoms with Crippen LogP contribution in [0.4, 0.5) is 0 Å². The Bertz CT molecular complexity index is 1440. The summed E-state index contributed by atoms with van der Waals surface area (Å²) < 4.78 is 53.9. The van der Waals surface area contributed by atoms with Crippen LogP contribution in [0.1, 0.15) is 77.6 Å². The van der Waals surface area contributed by atoms with Gasteiger partial charge in [0, 0.05) is 26.2 Å². The van der Waals surface area contributed by atoms with E-state index in [0.717, 1.165) is 11.1 Å². The summed E-state index contributed by atoms with van der Waals surface area (Å²) in [5.74, 6) is -0.233. The summed E-state index contributed by atoms with van der Waals surface area (Å²) in [6.07, 6.45) is 0.238. The number of carbonyl (C=O) groups excluding carboxylic acids is 2. The van der Waals surface area contributed by atoms with E-state index >= 15 is 0 Å². The predicted octanol–water partition coefficient (Wildman–Crippen LogP) is 6.74. The molecule has 2 aromatic carbocycles. The number of hydrogen-bond acceptors (Lipinski definition) is 8. The van der Waals surface area contributed by atoms with Gasteiger partial charge in [0.05, 0.1) is 47.6 Å². The Morgan fingerprint density at radius 1 is 0.522 bits per heavy atom. The van der Waals surface area contributed by atoms with E-state index in [1.54, 1.807) is 65.2 Å². The van der Waals surface area contributed by atoms with Crippen molar-refractivity contribution in [1.82, 2.24) is 9.80 Å². The highest BCUT2D eigenvalue weighted by molar-refractivity contribution is 7.53. The first-order valence-corrected chi connectivity index (χ1v) is 19.3. The molecule has 46 heavy (non-hydrogen) atoms. The minimum absolute atomic E-state index is 0.00544. The molecule has 0 N–H and O–H groups in total. The van der Waals surface area contributed by atoms with Crippen LogP contribution in [0.25, 0.3) is 0 Å². The molecule has 8 bridgehead atoms. The fourth-order valence-electron chi connectivity index (χ4n) is 6.79. The first-order chi connectivity index (χ1) is 21.1. The maximum absolute atomic E-state index is 14.4. The second-order valence-corrected chi connectivity index (χ2v) is 19.2. The number of nitrogens with zero attached hydrogens (tertiary/aromatic N) is 2. The van der Waals surface area contributed by atoms with Crippen molar-refractivity contribution in [3.8, 4) is 0 Å². The summed E-state index contributed by atoms with van der Waals surface area (Å²) >= 11 is 0. The standard InChI is InChI=1S/C34H48N2O8P2/c1-31(2)21-35-22-32(3,4)42-45(39,41-31)19-27-13-10-14-28(16-27)20-46(40)43-33(5,6)23-36(24-34(7,8)44-46)30(38)18-26-12-9-11-25(15-26)17-29(35)37/h9-16H,17-24H2,1-8H3. The number of carbonyl (C=O) groups is 2. The van der Waals surface area contributed by atoms with Crippen molar-refractivity contribution in [2.75, 3.05) is 26.2 Å². The second kappa shape index (κ2) is 12.3. The normalized spacial score (nSPS) is 25.6. The number of rotatable bonds is 0. The topological polar surface area (TPSA) is 112 Å². The second-order valence-electron chi connectivity index (χ2n) is 15.4. The zero-order chi connectivity index (χ0) is 33.8. The van der Waals surface area contributed by atoms with Gasteiger partial charge in [-0.15, -0.1) is 0 Å². The maximum atomic E-state index is 14.4. The Balaban J connectivity index is 1.58. The van der Waals surface area contributed by atoms with Gasteiger partial charge in [0.1, 0.15) is 0 Å². The molecule has 6 heterocycles. The lowest BCUT2D eigenvalue weighted by atomic mass is 10.0. The van der Waals surface area contributed by atoms with Crippen LogP contribution in [-0.4, -0.2) is 70.2 Å². The molecule has 6 aliphatic rings. The Morgan fingerprint density at radius 2 is 0.804 bits per heavy atom. The van der Waals surface area contributed by atoms with Gasteiger partial charge in [0.25, 0.3) is 0 Å². The zero-order valence-corrected chi connectivity index (χ0v) is 30.1. The highest BCUT2D eigenvalue weighted by atomic mass is 31.2. The summed E-state index contributed by atoms with van der Waals surface area (Å²) in [6.45, 7) is 15.3. The molecule has 0 aliphatic carbocycles. The van der Waals surface area contributed by atoms with E-state index in [1.807, 2.05) is 48.5 Å². The van der Waals surface area contributed by atoms with Crippen molar-refractivity contribution in [3.05, 3.63) is 70.8 Å². The van der Waals surface area contributed by atoms with Crippen LogP contribution in [0.2, 0.25) is 0 Å². The molecule has 6 aliphatic heterocycles. The van der Waals surface area contributed by atoms with Crippen LogP contribution in [0, 0.1) is 0 Å². The van der Waals surface area contributed by atoms with E-state index in [2.05, 4.69) is 0 Å². The van der Waals surface area contributed by atoms with E-state index in [9.17, 15) is 18.7 Å². The van der Waals surface area contributed by atoms with Crippen molar-refractivity contribution < 1.29 is 36.8 Å². The van der Waals surface area contributed by atoms with Gasteiger partial charge in [0.15, 0.2) is 0 Å². The summed E-state index contributed by atoms with van der Waals surface area (Å²) in [5, 5.41) is 0. The van der Waals surface area contributed by atoms with Crippen LogP contribution in [0.5, 0.6) is 0 Å². The smallest absolute Gasteiger partial charge is 0.336 e. The lowest BCUT2D eigenvalue weighted by Crippen LogP contribution is -2.52. The molecule has 8 rings (SSSR count). The summed E-state index contributed by atoms with van der Waals surface area (Å²) in [6, 6.07) is 14.8. The van der Waals surface area contributed by atoms with Crippen LogP contribution >= 0.6 is 15.2 Å². The Labute approximate surface area is 273 Å². The number of amides is 2. The third-order valence-corrected chi connectivity index (χ3v) is 12.6. The molecule has 2 fully saturated rings. The first-order valence-electron chi connectivity index (χ1n) is 15.8. The molecular weight excluding hydrogens is 626 g/mol. The molecule has 0 radical (unpaired) electrons. The monoisotopic (exact) mass is 674 g/mol. The van der Waals surface area contributed by atoms with E-state index in [1.165, 1.54) is 0 Å². The zero-order valence-electron chi connectivity index (χ0n) is 28.3. The van der Waals surface area contributed by atoms with Crippen LogP contribution in [-0.2, 0) is 62.0 Å². The van der Waals surface area contributed by atoms with Gasteiger partial charge in [-0.3, -0.25) is 18.7 Å². The van der Waals surface area contributed by atoms with Crippen molar-refractivity contribution in [3.63, 3.8) is 0 Å². The molecule has 12 heteroatoms. The summed E-state index contributed by atoms with van der Waals surface area (Å²) in [7, 11) is -7.45. The van der Waals surface area contributed by atoms with Crippen molar-refractivity contribution >= 4 is 27.0 Å². The molecule has 0 unspecified atom stereocenters. The first kappa shape index (κ1) is 35.0. The molecule has 0 saturated carbocycles. The average Bonchev–Trinajstić information content (AvgIpc) is 2.83. The van der Waals surface area contributed by atoms with Crippen molar-refractivity contribution in [2.45, 2.75) is 103 Å². The molecule has 252 valence electrons. The highest BCUT2D eigenvalue weighted by Crippen LogP contribution is 2.60. The minimum Gasteiger partial charge on any atom is -0.337 e. The van der Waals surface area contributed by atoms with Gasteiger partial charge >= 0.3 is 15.2 Å². The van der Waals surface area contributed by atoms with Crippen LogP contribution < -0.4 is 0 Å². The fourth-order valence-corrected chi connectivity index (χ4v) is 11.7. The lowest BCUT2D eigenvalue weighted by Gasteiger charge is -2.44. The van der Waals surface area contributed by atoms with Crippen LogP contribution in [0.3, 0.4) is 0 Å². The Kier molecular flexibility index (Phi) is 9.35. The highest BCUT2D eigenvalue weighted by Gasteiger charge is 2.46.